The number of carboxylic acid groups (broad SMARTS) is 2. The zero-order valence-corrected chi connectivity index (χ0v) is 23.0. The Labute approximate surface area is 220 Å². The molecule has 1 fully saturated rings. The molecule has 2 aromatic carbocycles. The normalized spacial score (nSPS) is 15.4. The van der Waals surface area contributed by atoms with Crippen molar-refractivity contribution in [3.8, 4) is 0 Å². The summed E-state index contributed by atoms with van der Waals surface area (Å²) in [5.74, 6) is -2.89. The van der Waals surface area contributed by atoms with Gasteiger partial charge in [0, 0.05) is 27.4 Å². The average molecular weight is 613 g/mol. The van der Waals surface area contributed by atoms with E-state index in [1.54, 1.807) is 18.2 Å². The van der Waals surface area contributed by atoms with Gasteiger partial charge in [0.15, 0.2) is 0 Å². The van der Waals surface area contributed by atoms with Gasteiger partial charge in [-0.3, -0.25) is 4.79 Å². The van der Waals surface area contributed by atoms with Crippen LogP contribution in [0.25, 0.3) is 0 Å². The summed E-state index contributed by atoms with van der Waals surface area (Å²) in [6, 6.07) is 13.0. The molecule has 0 aromatic heterocycles. The highest BCUT2D eigenvalue weighted by molar-refractivity contribution is 9.10. The quantitative estimate of drug-likeness (QED) is 0.313. The molecule has 1 aliphatic rings. The van der Waals surface area contributed by atoms with Crippen LogP contribution in [0.15, 0.2) is 51.4 Å². The summed E-state index contributed by atoms with van der Waals surface area (Å²) < 4.78 is 7.84. The largest absolute Gasteiger partial charge is 0.481 e. The molecule has 3 rings (SSSR count). The first-order valence-electron chi connectivity index (χ1n) is 10.9. The number of nitrogens with zero attached hydrogens (tertiary/aromatic N) is 1. The van der Waals surface area contributed by atoms with Gasteiger partial charge in [0.1, 0.15) is 0 Å². The van der Waals surface area contributed by atoms with E-state index in [1.807, 2.05) is 52.0 Å². The maximum absolute atomic E-state index is 12.5. The van der Waals surface area contributed by atoms with E-state index in [2.05, 4.69) is 31.9 Å². The third-order valence-corrected chi connectivity index (χ3v) is 6.77. The third-order valence-electron chi connectivity index (χ3n) is 5.61. The number of hydroxylamine groups is 2. The Morgan fingerprint density at radius 1 is 1.00 bits per heavy atom. The van der Waals surface area contributed by atoms with Gasteiger partial charge in [-0.1, -0.05) is 56.1 Å². The Morgan fingerprint density at radius 3 is 2.14 bits per heavy atom. The predicted octanol–water partition coefficient (Wildman–Crippen LogP) is 5.69. The van der Waals surface area contributed by atoms with Gasteiger partial charge in [-0.05, 0) is 57.0 Å². The van der Waals surface area contributed by atoms with Gasteiger partial charge in [-0.25, -0.2) is 9.59 Å². The molecule has 1 saturated heterocycles. The first-order chi connectivity index (χ1) is 16.2. The van der Waals surface area contributed by atoms with E-state index in [0.29, 0.717) is 21.5 Å². The SMILES string of the molecule is CC(C)(Cc1cccc(Br)c1)OC(C)(C)Cc1cccc(Br)c1[C@@](CC(=O)O)(C(=O)O)N1OC1=O. The average Bonchev–Trinajstić information content (AvgIpc) is 3.41. The summed E-state index contributed by atoms with van der Waals surface area (Å²) >= 11 is 6.87. The van der Waals surface area contributed by atoms with Crippen molar-refractivity contribution in [1.29, 1.82) is 0 Å². The molecule has 1 atom stereocenters. The molecule has 2 aromatic rings. The first kappa shape index (κ1) is 27.2. The fraction of sp³-hybridized carbons (Fsp3) is 0.400. The van der Waals surface area contributed by atoms with Crippen LogP contribution in [-0.4, -0.2) is 44.5 Å². The minimum absolute atomic E-state index is 0.141. The van der Waals surface area contributed by atoms with Crippen LogP contribution in [0.5, 0.6) is 0 Å². The Morgan fingerprint density at radius 2 is 1.60 bits per heavy atom. The maximum Gasteiger partial charge on any atom is 0.469 e. The van der Waals surface area contributed by atoms with E-state index >= 15 is 0 Å². The molecule has 1 heterocycles. The Hall–Kier alpha value is -2.43. The molecule has 0 unspecified atom stereocenters. The van der Waals surface area contributed by atoms with E-state index in [4.69, 9.17) is 9.57 Å². The van der Waals surface area contributed by atoms with E-state index in [-0.39, 0.29) is 12.0 Å². The van der Waals surface area contributed by atoms with Gasteiger partial charge < -0.3 is 19.8 Å². The highest BCUT2D eigenvalue weighted by atomic mass is 79.9. The number of carboxylic acids is 2. The fourth-order valence-electron chi connectivity index (χ4n) is 4.64. The number of carbonyl (C=O) groups is 3. The standard InChI is InChI=1S/C25H27Br2NO7/c1-23(2,12-15-7-5-9-17(26)11-15)35-24(3,4)13-16-8-6-10-18(27)20(16)25(21(31)32,14-19(29)30)28-22(33)34-28/h5-11H,12-14H2,1-4H3,(H,29,30)(H,31,32)/t25-,28?/m0/s1. The van der Waals surface area contributed by atoms with Gasteiger partial charge in [-0.2, -0.15) is 0 Å². The maximum atomic E-state index is 12.5. The fourth-order valence-corrected chi connectivity index (χ4v) is 5.82. The van der Waals surface area contributed by atoms with E-state index < -0.39 is 41.2 Å². The molecule has 0 radical (unpaired) electrons. The van der Waals surface area contributed by atoms with Crippen molar-refractivity contribution < 1.29 is 34.2 Å². The van der Waals surface area contributed by atoms with Crippen LogP contribution in [0.1, 0.15) is 50.8 Å². The molecule has 35 heavy (non-hydrogen) atoms. The molecule has 0 saturated carbocycles. The lowest BCUT2D eigenvalue weighted by molar-refractivity contribution is -0.160. The zero-order chi connectivity index (χ0) is 26.2. The molecular weight excluding hydrogens is 586 g/mol. The van der Waals surface area contributed by atoms with Crippen molar-refractivity contribution in [1.82, 2.24) is 5.06 Å². The number of carbonyl (C=O) groups excluding carboxylic acids is 1. The molecule has 188 valence electrons. The minimum atomic E-state index is -2.24. The highest BCUT2D eigenvalue weighted by Crippen LogP contribution is 2.45. The molecule has 10 heteroatoms. The van der Waals surface area contributed by atoms with Crippen LogP contribution in [0, 0.1) is 0 Å². The van der Waals surface area contributed by atoms with Crippen LogP contribution >= 0.6 is 31.9 Å². The van der Waals surface area contributed by atoms with Crippen LogP contribution < -0.4 is 0 Å². The molecular formula is C25H27Br2NO7. The Kier molecular flexibility index (Phi) is 7.69. The van der Waals surface area contributed by atoms with Gasteiger partial charge >= 0.3 is 18.0 Å². The van der Waals surface area contributed by atoms with Gasteiger partial charge in [-0.15, -0.1) is 5.06 Å². The number of hydrogen-bond acceptors (Lipinski definition) is 5. The molecule has 8 nitrogen and oxygen atoms in total. The predicted molar refractivity (Wildman–Crippen MR) is 135 cm³/mol. The lowest BCUT2D eigenvalue weighted by Gasteiger charge is -2.38. The monoisotopic (exact) mass is 611 g/mol. The van der Waals surface area contributed by atoms with Crippen molar-refractivity contribution in [3.63, 3.8) is 0 Å². The topological polar surface area (TPSA) is 116 Å². The number of halogens is 2. The summed E-state index contributed by atoms with van der Waals surface area (Å²) in [6.45, 7) is 7.73. The van der Waals surface area contributed by atoms with Gasteiger partial charge in [0.2, 0.25) is 5.54 Å². The lowest BCUT2D eigenvalue weighted by atomic mass is 9.80. The van der Waals surface area contributed by atoms with E-state index in [9.17, 15) is 24.6 Å². The lowest BCUT2D eigenvalue weighted by Crippen LogP contribution is -2.47. The number of amides is 1. The van der Waals surface area contributed by atoms with Crippen LogP contribution in [-0.2, 0) is 37.5 Å². The highest BCUT2D eigenvalue weighted by Gasteiger charge is 2.62. The smallest absolute Gasteiger partial charge is 0.469 e. The summed E-state index contributed by atoms with van der Waals surface area (Å²) in [7, 11) is 0. The number of ether oxygens (including phenoxy) is 1. The van der Waals surface area contributed by atoms with Crippen molar-refractivity contribution in [2.75, 3.05) is 0 Å². The van der Waals surface area contributed by atoms with Crippen molar-refractivity contribution in [2.24, 2.45) is 0 Å². The summed E-state index contributed by atoms with van der Waals surface area (Å²) in [5.41, 5.74) is -1.83. The molecule has 1 aliphatic heterocycles. The number of rotatable bonds is 11. The Balaban J connectivity index is 1.97. The molecule has 2 N–H and O–H groups in total. The van der Waals surface area contributed by atoms with Crippen LogP contribution in [0.3, 0.4) is 0 Å². The van der Waals surface area contributed by atoms with Crippen molar-refractivity contribution in [3.05, 3.63) is 68.1 Å². The number of benzene rings is 2. The van der Waals surface area contributed by atoms with Crippen molar-refractivity contribution >= 4 is 49.9 Å². The van der Waals surface area contributed by atoms with Crippen LogP contribution in [0.2, 0.25) is 0 Å². The van der Waals surface area contributed by atoms with E-state index in [1.165, 1.54) is 0 Å². The zero-order valence-electron chi connectivity index (χ0n) is 19.8. The molecule has 0 aliphatic carbocycles. The molecule has 0 bridgehead atoms. The number of hydrogen-bond donors (Lipinski definition) is 2. The Bertz CT molecular complexity index is 1160. The summed E-state index contributed by atoms with van der Waals surface area (Å²) in [6.07, 6.45) is -0.893. The minimum Gasteiger partial charge on any atom is -0.481 e. The number of aliphatic carboxylic acids is 2. The van der Waals surface area contributed by atoms with Gasteiger partial charge in [0.25, 0.3) is 0 Å². The summed E-state index contributed by atoms with van der Waals surface area (Å²) in [4.78, 5) is 40.9. The molecule has 1 amide bonds. The summed E-state index contributed by atoms with van der Waals surface area (Å²) in [5, 5.41) is 20.3. The third kappa shape index (κ3) is 6.23. The van der Waals surface area contributed by atoms with Crippen molar-refractivity contribution in [2.45, 2.75) is 63.7 Å². The second-order valence-corrected chi connectivity index (χ2v) is 11.5. The van der Waals surface area contributed by atoms with Gasteiger partial charge in [0.05, 0.1) is 17.6 Å². The van der Waals surface area contributed by atoms with E-state index in [0.717, 1.165) is 10.0 Å². The first-order valence-corrected chi connectivity index (χ1v) is 12.5. The second-order valence-electron chi connectivity index (χ2n) is 9.77. The molecule has 0 spiro atoms. The second kappa shape index (κ2) is 9.91. The van der Waals surface area contributed by atoms with Crippen LogP contribution in [0.4, 0.5) is 4.79 Å².